The van der Waals surface area contributed by atoms with Gasteiger partial charge in [0, 0.05) is 47.8 Å². The summed E-state index contributed by atoms with van der Waals surface area (Å²) in [6.07, 6.45) is 0. The van der Waals surface area contributed by atoms with Crippen molar-refractivity contribution in [3.8, 4) is 11.4 Å². The fourth-order valence-corrected chi connectivity index (χ4v) is 3.72. The Balaban J connectivity index is 1.34. The van der Waals surface area contributed by atoms with E-state index in [9.17, 15) is 4.79 Å². The molecule has 1 aliphatic heterocycles. The maximum atomic E-state index is 12.6. The van der Waals surface area contributed by atoms with Gasteiger partial charge in [-0.1, -0.05) is 31.1 Å². The molecule has 4 rings (SSSR count). The van der Waals surface area contributed by atoms with Gasteiger partial charge in [0.25, 0.3) is 0 Å². The molecule has 2 heterocycles. The molecule has 2 amide bonds. The Morgan fingerprint density at radius 2 is 1.77 bits per heavy atom. The molecule has 1 fully saturated rings. The lowest BCUT2D eigenvalue weighted by molar-refractivity contribution is 0.208. The van der Waals surface area contributed by atoms with E-state index < -0.39 is 0 Å². The Labute approximate surface area is 184 Å². The van der Waals surface area contributed by atoms with E-state index in [1.54, 1.807) is 0 Å². The largest absolute Gasteiger partial charge is 0.368 e. The third-order valence-corrected chi connectivity index (χ3v) is 5.80. The number of nitrogens with one attached hydrogen (secondary N) is 1. The van der Waals surface area contributed by atoms with Crippen LogP contribution in [0.4, 0.5) is 16.2 Å². The number of benzene rings is 2. The standard InChI is InChI=1S/C22H24BrN5O2/c1-15(2)21-25-20(26-30-21)16-7-9-17(10-8-16)27-11-13-28(14-12-27)22(29)24-19-6-4-3-5-18(19)23/h3-10,15H,11-14H2,1-2H3,(H,24,29). The van der Waals surface area contributed by atoms with Crippen molar-refractivity contribution in [1.29, 1.82) is 0 Å². The van der Waals surface area contributed by atoms with Gasteiger partial charge in [0.1, 0.15) is 0 Å². The summed E-state index contributed by atoms with van der Waals surface area (Å²) in [5, 5.41) is 7.03. The molecule has 1 saturated heterocycles. The van der Waals surface area contributed by atoms with Crippen molar-refractivity contribution in [1.82, 2.24) is 15.0 Å². The van der Waals surface area contributed by atoms with Crippen LogP contribution in [0.3, 0.4) is 0 Å². The van der Waals surface area contributed by atoms with Crippen LogP contribution in [-0.4, -0.2) is 47.3 Å². The van der Waals surface area contributed by atoms with Crippen LogP contribution >= 0.6 is 15.9 Å². The SMILES string of the molecule is CC(C)c1nc(-c2ccc(N3CCN(C(=O)Nc4ccccc4Br)CC3)cc2)no1. The summed E-state index contributed by atoms with van der Waals surface area (Å²) in [6, 6.07) is 15.7. The molecule has 1 N–H and O–H groups in total. The molecule has 8 heteroatoms. The monoisotopic (exact) mass is 469 g/mol. The maximum Gasteiger partial charge on any atom is 0.321 e. The maximum absolute atomic E-state index is 12.6. The lowest BCUT2D eigenvalue weighted by atomic mass is 10.1. The molecule has 0 bridgehead atoms. The highest BCUT2D eigenvalue weighted by Gasteiger charge is 2.22. The molecule has 30 heavy (non-hydrogen) atoms. The van der Waals surface area contributed by atoms with Gasteiger partial charge in [-0.25, -0.2) is 4.79 Å². The minimum Gasteiger partial charge on any atom is -0.368 e. The van der Waals surface area contributed by atoms with Crippen LogP contribution in [0.5, 0.6) is 0 Å². The zero-order valence-electron chi connectivity index (χ0n) is 17.0. The molecule has 0 unspecified atom stereocenters. The van der Waals surface area contributed by atoms with E-state index in [0.29, 0.717) is 24.8 Å². The first-order chi connectivity index (χ1) is 14.5. The summed E-state index contributed by atoms with van der Waals surface area (Å²) in [6.45, 7) is 6.95. The summed E-state index contributed by atoms with van der Waals surface area (Å²) in [5.41, 5.74) is 2.83. The Bertz CT molecular complexity index is 1010. The summed E-state index contributed by atoms with van der Waals surface area (Å²) in [4.78, 5) is 21.1. The van der Waals surface area contributed by atoms with Crippen molar-refractivity contribution in [3.63, 3.8) is 0 Å². The number of rotatable bonds is 4. The number of amides is 2. The van der Waals surface area contributed by atoms with Gasteiger partial charge in [-0.3, -0.25) is 0 Å². The van der Waals surface area contributed by atoms with Crippen molar-refractivity contribution in [2.24, 2.45) is 0 Å². The van der Waals surface area contributed by atoms with Crippen LogP contribution in [0, 0.1) is 0 Å². The van der Waals surface area contributed by atoms with Crippen molar-refractivity contribution in [2.45, 2.75) is 19.8 Å². The van der Waals surface area contributed by atoms with Gasteiger partial charge < -0.3 is 19.6 Å². The topological polar surface area (TPSA) is 74.5 Å². The van der Waals surface area contributed by atoms with E-state index in [4.69, 9.17) is 4.52 Å². The average Bonchev–Trinajstić information content (AvgIpc) is 3.26. The normalized spacial score (nSPS) is 14.3. The first kappa shape index (κ1) is 20.4. The van der Waals surface area contributed by atoms with Crippen molar-refractivity contribution in [3.05, 3.63) is 58.9 Å². The number of urea groups is 1. The Kier molecular flexibility index (Phi) is 6.03. The predicted molar refractivity (Wildman–Crippen MR) is 121 cm³/mol. The van der Waals surface area contributed by atoms with Crippen molar-refractivity contribution in [2.75, 3.05) is 36.4 Å². The second-order valence-corrected chi connectivity index (χ2v) is 8.40. The molecule has 2 aromatic carbocycles. The third-order valence-electron chi connectivity index (χ3n) is 5.11. The highest BCUT2D eigenvalue weighted by Crippen LogP contribution is 2.25. The van der Waals surface area contributed by atoms with Crippen molar-refractivity contribution >= 4 is 33.3 Å². The molecule has 1 aliphatic rings. The molecule has 1 aromatic heterocycles. The number of hydrogen-bond donors (Lipinski definition) is 1. The smallest absolute Gasteiger partial charge is 0.321 e. The zero-order chi connectivity index (χ0) is 21.1. The van der Waals surface area contributed by atoms with Crippen LogP contribution in [0.2, 0.25) is 0 Å². The van der Waals surface area contributed by atoms with E-state index in [2.05, 4.69) is 48.4 Å². The molecule has 0 radical (unpaired) electrons. The number of carbonyl (C=O) groups is 1. The highest BCUT2D eigenvalue weighted by atomic mass is 79.9. The first-order valence-corrected chi connectivity index (χ1v) is 10.8. The number of nitrogens with zero attached hydrogens (tertiary/aromatic N) is 4. The van der Waals surface area contributed by atoms with E-state index in [-0.39, 0.29) is 11.9 Å². The van der Waals surface area contributed by atoms with Gasteiger partial charge in [0.05, 0.1) is 5.69 Å². The fraction of sp³-hybridized carbons (Fsp3) is 0.318. The van der Waals surface area contributed by atoms with E-state index >= 15 is 0 Å². The van der Waals surface area contributed by atoms with Gasteiger partial charge in [0.15, 0.2) is 0 Å². The summed E-state index contributed by atoms with van der Waals surface area (Å²) < 4.78 is 6.17. The molecule has 7 nitrogen and oxygen atoms in total. The van der Waals surface area contributed by atoms with E-state index in [1.807, 2.05) is 55.1 Å². The van der Waals surface area contributed by atoms with Crippen LogP contribution in [-0.2, 0) is 0 Å². The third kappa shape index (κ3) is 4.48. The quantitative estimate of drug-likeness (QED) is 0.583. The number of carbonyl (C=O) groups excluding carboxylic acids is 1. The van der Waals surface area contributed by atoms with Gasteiger partial charge in [-0.05, 0) is 52.3 Å². The summed E-state index contributed by atoms with van der Waals surface area (Å²) >= 11 is 3.46. The first-order valence-electron chi connectivity index (χ1n) is 10.0. The lowest BCUT2D eigenvalue weighted by Gasteiger charge is -2.36. The van der Waals surface area contributed by atoms with Crippen molar-refractivity contribution < 1.29 is 9.32 Å². The average molecular weight is 470 g/mol. The second-order valence-electron chi connectivity index (χ2n) is 7.54. The molecule has 156 valence electrons. The zero-order valence-corrected chi connectivity index (χ0v) is 18.6. The van der Waals surface area contributed by atoms with Gasteiger partial charge in [-0.15, -0.1) is 0 Å². The van der Waals surface area contributed by atoms with Crippen LogP contribution in [0.25, 0.3) is 11.4 Å². The number of para-hydroxylation sites is 1. The Morgan fingerprint density at radius 3 is 2.40 bits per heavy atom. The second kappa shape index (κ2) is 8.87. The Morgan fingerprint density at radius 1 is 1.07 bits per heavy atom. The molecule has 0 aliphatic carbocycles. The number of hydrogen-bond acceptors (Lipinski definition) is 5. The molecule has 3 aromatic rings. The fourth-order valence-electron chi connectivity index (χ4n) is 3.33. The van der Waals surface area contributed by atoms with Gasteiger partial charge in [-0.2, -0.15) is 4.98 Å². The predicted octanol–water partition coefficient (Wildman–Crippen LogP) is 4.98. The molecular weight excluding hydrogens is 446 g/mol. The minimum absolute atomic E-state index is 0.0741. The highest BCUT2D eigenvalue weighted by molar-refractivity contribution is 9.10. The van der Waals surface area contributed by atoms with Gasteiger partial charge in [0.2, 0.25) is 11.7 Å². The van der Waals surface area contributed by atoms with Crippen LogP contribution < -0.4 is 10.2 Å². The summed E-state index contributed by atoms with van der Waals surface area (Å²) in [5.74, 6) is 1.46. The van der Waals surface area contributed by atoms with E-state index in [1.165, 1.54) is 0 Å². The van der Waals surface area contributed by atoms with E-state index in [0.717, 1.165) is 34.5 Å². The number of aromatic nitrogens is 2. The molecular formula is C22H24BrN5O2. The Hall–Kier alpha value is -2.87. The minimum atomic E-state index is -0.0741. The van der Waals surface area contributed by atoms with Crippen LogP contribution in [0.15, 0.2) is 57.5 Å². The lowest BCUT2D eigenvalue weighted by Crippen LogP contribution is -2.50. The molecule has 0 saturated carbocycles. The van der Waals surface area contributed by atoms with Gasteiger partial charge >= 0.3 is 6.03 Å². The molecule has 0 spiro atoms. The number of anilines is 2. The number of halogens is 1. The number of piperazine rings is 1. The summed E-state index contributed by atoms with van der Waals surface area (Å²) in [7, 11) is 0. The molecule has 0 atom stereocenters. The van der Waals surface area contributed by atoms with Crippen LogP contribution in [0.1, 0.15) is 25.7 Å².